The van der Waals surface area contributed by atoms with Crippen LogP contribution in [-0.4, -0.2) is 35.1 Å². The van der Waals surface area contributed by atoms with Crippen molar-refractivity contribution in [3.05, 3.63) is 0 Å². The summed E-state index contributed by atoms with van der Waals surface area (Å²) in [5.41, 5.74) is 5.02. The molecule has 0 aliphatic rings. The van der Waals surface area contributed by atoms with Crippen LogP contribution in [0, 0.1) is 0 Å². The Morgan fingerprint density at radius 1 is 1.75 bits per heavy atom. The van der Waals surface area contributed by atoms with E-state index in [1.165, 1.54) is 0 Å². The van der Waals surface area contributed by atoms with E-state index in [9.17, 15) is 0 Å². The number of hydrogen-bond acceptors (Lipinski definition) is 5. The van der Waals surface area contributed by atoms with Crippen molar-refractivity contribution in [3.63, 3.8) is 0 Å². The molecule has 0 aliphatic heterocycles. The number of hydrogen-bond donors (Lipinski definition) is 3. The SMILES string of the molecule is C=NCC(N)N(O)O. The Balaban J connectivity index is 3.30. The van der Waals surface area contributed by atoms with E-state index in [-0.39, 0.29) is 11.8 Å². The van der Waals surface area contributed by atoms with Gasteiger partial charge < -0.3 is 5.73 Å². The zero-order valence-corrected chi connectivity index (χ0v) is 4.36. The van der Waals surface area contributed by atoms with Crippen molar-refractivity contribution in [1.82, 2.24) is 5.23 Å². The first-order valence-electron chi connectivity index (χ1n) is 2.03. The van der Waals surface area contributed by atoms with E-state index < -0.39 is 6.17 Å². The Labute approximate surface area is 47.0 Å². The average molecular weight is 119 g/mol. The molecule has 0 amide bonds. The molecule has 1 atom stereocenters. The van der Waals surface area contributed by atoms with Crippen LogP contribution >= 0.6 is 0 Å². The maximum absolute atomic E-state index is 8.13. The van der Waals surface area contributed by atoms with Gasteiger partial charge in [0.15, 0.2) is 0 Å². The minimum Gasteiger partial charge on any atom is -0.310 e. The largest absolute Gasteiger partial charge is 0.310 e. The molecular formula is C3H9N3O2. The molecule has 48 valence electrons. The van der Waals surface area contributed by atoms with Crippen LogP contribution in [0.25, 0.3) is 0 Å². The van der Waals surface area contributed by atoms with E-state index in [1.54, 1.807) is 0 Å². The van der Waals surface area contributed by atoms with Crippen molar-refractivity contribution in [2.45, 2.75) is 6.17 Å². The van der Waals surface area contributed by atoms with Crippen LogP contribution in [0.4, 0.5) is 0 Å². The molecule has 0 aromatic rings. The highest BCUT2D eigenvalue weighted by Crippen LogP contribution is 1.80. The molecule has 0 bridgehead atoms. The summed E-state index contributed by atoms with van der Waals surface area (Å²) in [6.45, 7) is 3.21. The number of nitrogens with zero attached hydrogens (tertiary/aromatic N) is 2. The number of hydroxylamine groups is 2. The molecule has 0 rings (SSSR count). The molecule has 5 heteroatoms. The summed E-state index contributed by atoms with van der Waals surface area (Å²) >= 11 is 0. The molecule has 1 unspecified atom stereocenters. The van der Waals surface area contributed by atoms with Crippen LogP contribution in [0.3, 0.4) is 0 Å². The van der Waals surface area contributed by atoms with Crippen molar-refractivity contribution in [2.24, 2.45) is 10.7 Å². The lowest BCUT2D eigenvalue weighted by Crippen LogP contribution is -2.39. The van der Waals surface area contributed by atoms with Crippen LogP contribution in [-0.2, 0) is 0 Å². The quantitative estimate of drug-likeness (QED) is 0.254. The normalized spacial score (nSPS) is 14.0. The molecule has 0 spiro atoms. The van der Waals surface area contributed by atoms with Crippen LogP contribution < -0.4 is 5.73 Å². The monoisotopic (exact) mass is 119 g/mol. The lowest BCUT2D eigenvalue weighted by molar-refractivity contribution is -0.328. The maximum atomic E-state index is 8.13. The Morgan fingerprint density at radius 2 is 2.25 bits per heavy atom. The standard InChI is InChI=1S/C3H9N3O2/c1-5-2-3(4)6(7)8/h3,7-8H,1-2,4H2. The van der Waals surface area contributed by atoms with Crippen LogP contribution in [0.15, 0.2) is 4.99 Å². The summed E-state index contributed by atoms with van der Waals surface area (Å²) in [6, 6.07) is 0. The predicted molar refractivity (Wildman–Crippen MR) is 27.8 cm³/mol. The molecule has 0 radical (unpaired) electrons. The Kier molecular flexibility index (Phi) is 3.29. The van der Waals surface area contributed by atoms with E-state index in [4.69, 9.17) is 16.1 Å². The van der Waals surface area contributed by atoms with Gasteiger partial charge in [-0.2, -0.15) is 0 Å². The molecule has 0 saturated heterocycles. The van der Waals surface area contributed by atoms with E-state index in [0.29, 0.717) is 0 Å². The zero-order chi connectivity index (χ0) is 6.57. The van der Waals surface area contributed by atoms with Gasteiger partial charge in [0, 0.05) is 0 Å². The van der Waals surface area contributed by atoms with E-state index in [0.717, 1.165) is 0 Å². The van der Waals surface area contributed by atoms with Gasteiger partial charge in [0.25, 0.3) is 0 Å². The minimum absolute atomic E-state index is 0.103. The highest BCUT2D eigenvalue weighted by Gasteiger charge is 2.04. The third-order valence-corrected chi connectivity index (χ3v) is 0.613. The van der Waals surface area contributed by atoms with Gasteiger partial charge in [0.1, 0.15) is 6.17 Å². The molecule has 0 aromatic carbocycles. The summed E-state index contributed by atoms with van der Waals surface area (Å²) in [6.07, 6.45) is -0.868. The van der Waals surface area contributed by atoms with Crippen molar-refractivity contribution in [1.29, 1.82) is 0 Å². The summed E-state index contributed by atoms with van der Waals surface area (Å²) in [4.78, 5) is 3.32. The van der Waals surface area contributed by atoms with Crippen molar-refractivity contribution < 1.29 is 10.4 Å². The second-order valence-electron chi connectivity index (χ2n) is 1.29. The third-order valence-electron chi connectivity index (χ3n) is 0.613. The molecular weight excluding hydrogens is 110 g/mol. The van der Waals surface area contributed by atoms with Gasteiger partial charge in [0.2, 0.25) is 0 Å². The van der Waals surface area contributed by atoms with Crippen LogP contribution in [0.5, 0.6) is 0 Å². The first-order chi connectivity index (χ1) is 3.68. The third kappa shape index (κ3) is 2.64. The van der Waals surface area contributed by atoms with E-state index in [1.807, 2.05) is 0 Å². The Bertz CT molecular complexity index is 74.9. The Morgan fingerprint density at radius 3 is 2.38 bits per heavy atom. The first kappa shape index (κ1) is 7.51. The molecule has 0 aliphatic carbocycles. The summed E-state index contributed by atoms with van der Waals surface area (Å²) in [5, 5.41) is 16.2. The van der Waals surface area contributed by atoms with Gasteiger partial charge in [-0.25, -0.2) is 0 Å². The fraction of sp³-hybridized carbons (Fsp3) is 0.667. The molecule has 4 N–H and O–H groups in total. The van der Waals surface area contributed by atoms with Gasteiger partial charge in [-0.05, 0) is 6.72 Å². The predicted octanol–water partition coefficient (Wildman–Crippen LogP) is -0.948. The number of aliphatic imine (C=N–C) groups is 1. The lowest BCUT2D eigenvalue weighted by Gasteiger charge is -2.11. The van der Waals surface area contributed by atoms with Gasteiger partial charge in [-0.15, -0.1) is 0 Å². The minimum atomic E-state index is -0.868. The maximum Gasteiger partial charge on any atom is 0.129 e. The molecule has 0 fully saturated rings. The van der Waals surface area contributed by atoms with E-state index in [2.05, 4.69) is 11.7 Å². The highest BCUT2D eigenvalue weighted by atomic mass is 16.8. The molecule has 0 heterocycles. The van der Waals surface area contributed by atoms with E-state index >= 15 is 0 Å². The van der Waals surface area contributed by atoms with Crippen molar-refractivity contribution in [3.8, 4) is 0 Å². The summed E-state index contributed by atoms with van der Waals surface area (Å²) in [7, 11) is 0. The van der Waals surface area contributed by atoms with Crippen LogP contribution in [0.2, 0.25) is 0 Å². The average Bonchev–Trinajstić information content (AvgIpc) is 1.67. The second-order valence-corrected chi connectivity index (χ2v) is 1.29. The van der Waals surface area contributed by atoms with Gasteiger partial charge >= 0.3 is 0 Å². The fourth-order valence-electron chi connectivity index (χ4n) is 0.205. The van der Waals surface area contributed by atoms with Crippen molar-refractivity contribution in [2.75, 3.05) is 6.54 Å². The van der Waals surface area contributed by atoms with Gasteiger partial charge in [-0.1, -0.05) is 5.23 Å². The van der Waals surface area contributed by atoms with Gasteiger partial charge in [-0.3, -0.25) is 15.4 Å². The van der Waals surface area contributed by atoms with Crippen molar-refractivity contribution >= 4 is 6.72 Å². The van der Waals surface area contributed by atoms with Gasteiger partial charge in [0.05, 0.1) is 6.54 Å². The zero-order valence-electron chi connectivity index (χ0n) is 4.36. The molecule has 8 heavy (non-hydrogen) atoms. The van der Waals surface area contributed by atoms with Crippen LogP contribution in [0.1, 0.15) is 0 Å². The highest BCUT2D eigenvalue weighted by molar-refractivity contribution is 5.23. The second kappa shape index (κ2) is 3.50. The Hall–Kier alpha value is -0.490. The topological polar surface area (TPSA) is 82.1 Å². The number of rotatable bonds is 3. The summed E-state index contributed by atoms with van der Waals surface area (Å²) in [5.74, 6) is 0. The molecule has 5 nitrogen and oxygen atoms in total. The fourth-order valence-corrected chi connectivity index (χ4v) is 0.205. The first-order valence-corrected chi connectivity index (χ1v) is 2.03. The lowest BCUT2D eigenvalue weighted by atomic mass is 10.5. The molecule has 0 saturated carbocycles. The summed E-state index contributed by atoms with van der Waals surface area (Å²) < 4.78 is 0. The smallest absolute Gasteiger partial charge is 0.129 e. The molecule has 0 aromatic heterocycles. The number of nitrogens with two attached hydrogens (primary N) is 1.